The van der Waals surface area contributed by atoms with Gasteiger partial charge in [-0.25, -0.2) is 22.2 Å². The first-order valence-electron chi connectivity index (χ1n) is 8.33. The zero-order chi connectivity index (χ0) is 22.8. The minimum atomic E-state index is -4.85. The molecule has 6 nitrogen and oxygen atoms in total. The first-order valence-corrected chi connectivity index (χ1v) is 10.7. The maximum absolute atomic E-state index is 14.3. The molecule has 0 fully saturated rings. The number of hydrogen-bond donors (Lipinski definition) is 2. The molecular weight excluding hydrogens is 465 g/mol. The number of aromatic nitrogens is 1. The number of alkyl halides is 3. The van der Waals surface area contributed by atoms with Crippen molar-refractivity contribution >= 4 is 32.4 Å². The van der Waals surface area contributed by atoms with Crippen molar-refractivity contribution in [3.05, 3.63) is 76.3 Å². The third kappa shape index (κ3) is 5.35. The predicted octanol–water partition coefficient (Wildman–Crippen LogP) is 4.17. The first kappa shape index (κ1) is 22.6. The number of amides is 1. The maximum atomic E-state index is 14.3. The maximum Gasteiger partial charge on any atom is 0.419 e. The van der Waals surface area contributed by atoms with E-state index in [1.807, 2.05) is 0 Å². The van der Waals surface area contributed by atoms with Crippen LogP contribution >= 0.6 is 11.3 Å². The number of rotatable bonds is 6. The molecule has 31 heavy (non-hydrogen) atoms. The highest BCUT2D eigenvalue weighted by molar-refractivity contribution is 7.93. The van der Waals surface area contributed by atoms with Gasteiger partial charge in [0, 0.05) is 23.7 Å². The van der Waals surface area contributed by atoms with E-state index in [1.165, 1.54) is 11.6 Å². The van der Waals surface area contributed by atoms with Crippen molar-refractivity contribution < 1.29 is 35.2 Å². The van der Waals surface area contributed by atoms with E-state index in [0.717, 1.165) is 29.5 Å². The Hall–Kier alpha value is -3.06. The second-order valence-electron chi connectivity index (χ2n) is 6.08. The molecule has 3 aromatic rings. The summed E-state index contributed by atoms with van der Waals surface area (Å²) in [7, 11) is -4.27. The molecule has 0 saturated carbocycles. The highest BCUT2D eigenvalue weighted by Gasteiger charge is 2.33. The summed E-state index contributed by atoms with van der Waals surface area (Å²) in [6, 6.07) is 4.81. The second kappa shape index (κ2) is 8.59. The number of sulfonamides is 1. The minimum absolute atomic E-state index is 0.0324. The predicted molar refractivity (Wildman–Crippen MR) is 102 cm³/mol. The number of nitrogens with one attached hydrogen (secondary N) is 2. The summed E-state index contributed by atoms with van der Waals surface area (Å²) in [5, 5.41) is 3.85. The van der Waals surface area contributed by atoms with E-state index in [2.05, 4.69) is 15.0 Å². The molecule has 1 heterocycles. The van der Waals surface area contributed by atoms with E-state index in [4.69, 9.17) is 0 Å². The van der Waals surface area contributed by atoms with E-state index in [-0.39, 0.29) is 22.8 Å². The Balaban J connectivity index is 1.70. The fourth-order valence-electron chi connectivity index (χ4n) is 2.49. The van der Waals surface area contributed by atoms with Gasteiger partial charge in [-0.15, -0.1) is 11.3 Å². The molecule has 0 saturated heterocycles. The van der Waals surface area contributed by atoms with Gasteiger partial charge in [0.25, 0.3) is 15.9 Å². The fraction of sp³-hybridized carbons (Fsp3) is 0.111. The van der Waals surface area contributed by atoms with Crippen LogP contribution in [0.3, 0.4) is 0 Å². The Bertz CT molecular complexity index is 1210. The third-order valence-corrected chi connectivity index (χ3v) is 6.12. The number of carbonyl (C=O) groups is 1. The number of carbonyl (C=O) groups excluding carboxylic acids is 1. The molecule has 1 amide bonds. The summed E-state index contributed by atoms with van der Waals surface area (Å²) < 4.78 is 92.2. The molecule has 164 valence electrons. The molecule has 0 spiro atoms. The molecule has 2 aromatic carbocycles. The topological polar surface area (TPSA) is 88.2 Å². The normalized spacial score (nSPS) is 11.9. The van der Waals surface area contributed by atoms with Gasteiger partial charge >= 0.3 is 6.18 Å². The van der Waals surface area contributed by atoms with Crippen LogP contribution in [0.15, 0.2) is 52.9 Å². The second-order valence-corrected chi connectivity index (χ2v) is 8.63. The van der Waals surface area contributed by atoms with Crippen molar-refractivity contribution in [2.75, 3.05) is 4.72 Å². The third-order valence-electron chi connectivity index (χ3n) is 3.93. The molecule has 1 aromatic heterocycles. The van der Waals surface area contributed by atoms with Crippen molar-refractivity contribution in [2.45, 2.75) is 17.6 Å². The van der Waals surface area contributed by atoms with Gasteiger partial charge in [-0.3, -0.25) is 9.52 Å². The van der Waals surface area contributed by atoms with E-state index in [0.29, 0.717) is 18.2 Å². The minimum Gasteiger partial charge on any atom is -0.348 e. The fourth-order valence-corrected chi connectivity index (χ4v) is 4.34. The van der Waals surface area contributed by atoms with E-state index in [9.17, 15) is 35.2 Å². The van der Waals surface area contributed by atoms with Crippen LogP contribution in [-0.2, 0) is 22.7 Å². The number of benzene rings is 2. The molecule has 13 heteroatoms. The van der Waals surface area contributed by atoms with Crippen LogP contribution < -0.4 is 10.0 Å². The summed E-state index contributed by atoms with van der Waals surface area (Å²) in [6.07, 6.45) is -3.49. The average Bonchev–Trinajstić information content (AvgIpc) is 3.17. The van der Waals surface area contributed by atoms with Gasteiger partial charge in [0.2, 0.25) is 0 Å². The van der Waals surface area contributed by atoms with Crippen molar-refractivity contribution in [1.29, 1.82) is 0 Å². The summed E-state index contributed by atoms with van der Waals surface area (Å²) in [5.41, 5.74) is -1.63. The highest BCUT2D eigenvalue weighted by Crippen LogP contribution is 2.31. The number of nitrogens with zero attached hydrogens (tertiary/aromatic N) is 1. The van der Waals surface area contributed by atoms with Gasteiger partial charge < -0.3 is 5.32 Å². The lowest BCUT2D eigenvalue weighted by Gasteiger charge is -2.11. The molecule has 0 aliphatic rings. The van der Waals surface area contributed by atoms with Crippen LogP contribution in [0.5, 0.6) is 0 Å². The summed E-state index contributed by atoms with van der Waals surface area (Å²) in [4.78, 5) is 15.2. The van der Waals surface area contributed by atoms with Crippen LogP contribution in [0.25, 0.3) is 0 Å². The molecule has 0 unspecified atom stereocenters. The smallest absolute Gasteiger partial charge is 0.348 e. The highest BCUT2D eigenvalue weighted by atomic mass is 32.2. The Morgan fingerprint density at radius 3 is 2.39 bits per heavy atom. The largest absolute Gasteiger partial charge is 0.419 e. The molecule has 0 bridgehead atoms. The summed E-state index contributed by atoms with van der Waals surface area (Å²) in [6.45, 7) is -0.332. The number of hydrogen-bond acceptors (Lipinski definition) is 5. The molecule has 0 aliphatic carbocycles. The van der Waals surface area contributed by atoms with Gasteiger partial charge in [0.05, 0.1) is 5.56 Å². The molecule has 0 aliphatic heterocycles. The van der Waals surface area contributed by atoms with Crippen molar-refractivity contribution in [3.63, 3.8) is 0 Å². The van der Waals surface area contributed by atoms with E-state index >= 15 is 0 Å². The van der Waals surface area contributed by atoms with Gasteiger partial charge in [-0.2, -0.15) is 13.2 Å². The van der Waals surface area contributed by atoms with Gasteiger partial charge in [-0.1, -0.05) is 6.07 Å². The van der Waals surface area contributed by atoms with E-state index < -0.39 is 44.2 Å². The molecule has 0 atom stereocenters. The lowest BCUT2D eigenvalue weighted by molar-refractivity contribution is -0.140. The van der Waals surface area contributed by atoms with Crippen molar-refractivity contribution in [2.24, 2.45) is 0 Å². The SMILES string of the molecule is O=C(NCc1ccc(C(F)(F)F)c(F)c1)c1ccc(S(=O)(=O)Nc2nccs2)c(F)c1. The van der Waals surface area contributed by atoms with Gasteiger partial charge in [0.15, 0.2) is 5.13 Å². The quantitative estimate of drug-likeness (QED) is 0.522. The lowest BCUT2D eigenvalue weighted by atomic mass is 10.1. The van der Waals surface area contributed by atoms with Crippen LogP contribution in [0.1, 0.15) is 21.5 Å². The van der Waals surface area contributed by atoms with Crippen molar-refractivity contribution in [3.8, 4) is 0 Å². The zero-order valence-corrected chi connectivity index (χ0v) is 16.8. The Morgan fingerprint density at radius 2 is 1.81 bits per heavy atom. The molecule has 0 radical (unpaired) electrons. The van der Waals surface area contributed by atoms with E-state index in [1.54, 1.807) is 0 Å². The van der Waals surface area contributed by atoms with Crippen LogP contribution in [0.4, 0.5) is 27.1 Å². The van der Waals surface area contributed by atoms with Gasteiger partial charge in [0.1, 0.15) is 16.5 Å². The lowest BCUT2D eigenvalue weighted by Crippen LogP contribution is -2.23. The Kier molecular flexibility index (Phi) is 6.27. The standard InChI is InChI=1S/C18H12F5N3O3S2/c19-13-7-10(1-3-12(13)18(21,22)23)9-25-16(27)11-2-4-15(14(20)8-11)31(28,29)26-17-24-5-6-30-17/h1-8H,9H2,(H,24,26)(H,25,27). The number of thiazole rings is 1. The zero-order valence-electron chi connectivity index (χ0n) is 15.2. The molecule has 3 rings (SSSR count). The van der Waals surface area contributed by atoms with Crippen molar-refractivity contribution in [1.82, 2.24) is 10.3 Å². The van der Waals surface area contributed by atoms with Crippen LogP contribution in [0.2, 0.25) is 0 Å². The average molecular weight is 477 g/mol. The first-order chi connectivity index (χ1) is 14.5. The number of anilines is 1. The Labute approximate surface area is 176 Å². The number of halogens is 5. The summed E-state index contributed by atoms with van der Waals surface area (Å²) >= 11 is 0.989. The Morgan fingerprint density at radius 1 is 1.06 bits per heavy atom. The monoisotopic (exact) mass is 477 g/mol. The van der Waals surface area contributed by atoms with Crippen LogP contribution in [0, 0.1) is 11.6 Å². The van der Waals surface area contributed by atoms with Gasteiger partial charge in [-0.05, 0) is 35.9 Å². The molecule has 2 N–H and O–H groups in total. The summed E-state index contributed by atoms with van der Waals surface area (Å²) in [5.74, 6) is -3.53. The molecular formula is C18H12F5N3O3S2. The van der Waals surface area contributed by atoms with Crippen LogP contribution in [-0.4, -0.2) is 19.3 Å².